The van der Waals surface area contributed by atoms with Crippen LogP contribution >= 0.6 is 0 Å². The predicted octanol–water partition coefficient (Wildman–Crippen LogP) is 1.72. The van der Waals surface area contributed by atoms with Crippen LogP contribution in [-0.4, -0.2) is 53.9 Å². The molecule has 7 nitrogen and oxygen atoms in total. The van der Waals surface area contributed by atoms with Gasteiger partial charge in [-0.1, -0.05) is 19.8 Å². The van der Waals surface area contributed by atoms with Gasteiger partial charge in [0.15, 0.2) is 0 Å². The van der Waals surface area contributed by atoms with Crippen LogP contribution in [-0.2, 0) is 0 Å². The molecular formula is C14H28N6O. The lowest BCUT2D eigenvalue weighted by Gasteiger charge is -2.14. The predicted molar refractivity (Wildman–Crippen MR) is 87.0 cm³/mol. The number of nitrogens with zero attached hydrogens (tertiary/aromatic N) is 4. The minimum absolute atomic E-state index is 0.277. The number of anilines is 3. The molecule has 0 radical (unpaired) electrons. The summed E-state index contributed by atoms with van der Waals surface area (Å²) in [5, 5.41) is 15.2. The summed E-state index contributed by atoms with van der Waals surface area (Å²) < 4.78 is 0. The number of hydrogen-bond acceptors (Lipinski definition) is 7. The lowest BCUT2D eigenvalue weighted by molar-refractivity contribution is 0.283. The van der Waals surface area contributed by atoms with Crippen LogP contribution in [0.15, 0.2) is 0 Å². The molecule has 1 aromatic heterocycles. The number of unbranched alkanes of at least 4 members (excludes halogenated alkanes) is 3. The van der Waals surface area contributed by atoms with Gasteiger partial charge in [0.2, 0.25) is 17.8 Å². The quantitative estimate of drug-likeness (QED) is 0.536. The molecule has 0 bridgehead atoms. The van der Waals surface area contributed by atoms with Gasteiger partial charge in [-0.05, 0) is 19.3 Å². The second kappa shape index (κ2) is 10.1. The average Bonchev–Trinajstić information content (AvgIpc) is 2.48. The molecule has 0 unspecified atom stereocenters. The van der Waals surface area contributed by atoms with Crippen molar-refractivity contribution in [2.24, 2.45) is 0 Å². The Bertz CT molecular complexity index is 399. The Balaban J connectivity index is 2.52. The van der Waals surface area contributed by atoms with E-state index >= 15 is 0 Å². The van der Waals surface area contributed by atoms with Crippen LogP contribution in [0.5, 0.6) is 0 Å². The minimum Gasteiger partial charge on any atom is -0.396 e. The van der Waals surface area contributed by atoms with Gasteiger partial charge in [0.1, 0.15) is 0 Å². The van der Waals surface area contributed by atoms with Gasteiger partial charge < -0.3 is 20.6 Å². The third-order valence-corrected chi connectivity index (χ3v) is 2.92. The Morgan fingerprint density at radius 3 is 2.10 bits per heavy atom. The van der Waals surface area contributed by atoms with E-state index in [1.165, 1.54) is 0 Å². The van der Waals surface area contributed by atoms with Crippen LogP contribution in [0.1, 0.15) is 39.0 Å². The van der Waals surface area contributed by atoms with Gasteiger partial charge in [0.25, 0.3) is 0 Å². The molecule has 7 heteroatoms. The van der Waals surface area contributed by atoms with E-state index in [1.54, 1.807) is 0 Å². The molecule has 0 aliphatic carbocycles. The van der Waals surface area contributed by atoms with Gasteiger partial charge in [-0.3, -0.25) is 0 Å². The highest BCUT2D eigenvalue weighted by Gasteiger charge is 2.07. The van der Waals surface area contributed by atoms with E-state index in [1.807, 2.05) is 19.0 Å². The number of rotatable bonds is 11. The maximum atomic E-state index is 8.73. The fourth-order valence-corrected chi connectivity index (χ4v) is 1.75. The molecule has 0 saturated carbocycles. The maximum absolute atomic E-state index is 8.73. The van der Waals surface area contributed by atoms with Crippen molar-refractivity contribution in [2.45, 2.75) is 39.0 Å². The third kappa shape index (κ3) is 7.08. The molecule has 0 saturated heterocycles. The molecule has 1 aromatic rings. The standard InChI is InChI=1S/C14H28N6O/c1-4-9-15-12-17-13(19-14(18-12)20(2)3)16-10-7-5-6-8-11-21/h21H,4-11H2,1-3H3,(H2,15,16,17,18,19). The Morgan fingerprint density at radius 2 is 1.52 bits per heavy atom. The summed E-state index contributed by atoms with van der Waals surface area (Å²) in [6.07, 6.45) is 5.10. The fraction of sp³-hybridized carbons (Fsp3) is 0.786. The van der Waals surface area contributed by atoms with E-state index < -0.39 is 0 Å². The Kier molecular flexibility index (Phi) is 8.42. The number of hydrogen-bond donors (Lipinski definition) is 3. The van der Waals surface area contributed by atoms with Gasteiger partial charge in [-0.15, -0.1) is 0 Å². The topological polar surface area (TPSA) is 86.2 Å². The summed E-state index contributed by atoms with van der Waals surface area (Å²) in [6.45, 7) is 4.05. The van der Waals surface area contributed by atoms with E-state index in [0.29, 0.717) is 17.8 Å². The molecule has 0 fully saturated rings. The second-order valence-electron chi connectivity index (χ2n) is 5.17. The molecule has 1 rings (SSSR count). The average molecular weight is 296 g/mol. The van der Waals surface area contributed by atoms with Crippen molar-refractivity contribution >= 4 is 17.8 Å². The molecule has 0 aromatic carbocycles. The SMILES string of the molecule is CCCNc1nc(NCCCCCCO)nc(N(C)C)n1. The van der Waals surface area contributed by atoms with Crippen molar-refractivity contribution in [1.29, 1.82) is 0 Å². The lowest BCUT2D eigenvalue weighted by Crippen LogP contribution is -2.17. The zero-order valence-corrected chi connectivity index (χ0v) is 13.4. The first-order valence-electron chi connectivity index (χ1n) is 7.69. The molecule has 0 aliphatic rings. The summed E-state index contributed by atoms with van der Waals surface area (Å²) in [4.78, 5) is 15.0. The van der Waals surface area contributed by atoms with Gasteiger partial charge >= 0.3 is 0 Å². The minimum atomic E-state index is 0.277. The summed E-state index contributed by atoms with van der Waals surface area (Å²) in [5.74, 6) is 1.86. The zero-order chi connectivity index (χ0) is 15.5. The Hall–Kier alpha value is -1.63. The number of aliphatic hydroxyl groups excluding tert-OH is 1. The molecule has 120 valence electrons. The number of aromatic nitrogens is 3. The van der Waals surface area contributed by atoms with Gasteiger partial charge in [0.05, 0.1) is 0 Å². The smallest absolute Gasteiger partial charge is 0.231 e. The first-order valence-corrected chi connectivity index (χ1v) is 7.69. The van der Waals surface area contributed by atoms with E-state index in [4.69, 9.17) is 5.11 Å². The van der Waals surface area contributed by atoms with Crippen LogP contribution in [0.3, 0.4) is 0 Å². The number of aliphatic hydroxyl groups is 1. The lowest BCUT2D eigenvalue weighted by atomic mass is 10.2. The van der Waals surface area contributed by atoms with E-state index in [0.717, 1.165) is 45.2 Å². The van der Waals surface area contributed by atoms with Crippen molar-refractivity contribution < 1.29 is 5.11 Å². The van der Waals surface area contributed by atoms with Crippen molar-refractivity contribution in [3.63, 3.8) is 0 Å². The molecule has 1 heterocycles. The van der Waals surface area contributed by atoms with Crippen molar-refractivity contribution in [3.8, 4) is 0 Å². The molecule has 0 aliphatic heterocycles. The summed E-state index contributed by atoms with van der Waals surface area (Å²) >= 11 is 0. The monoisotopic (exact) mass is 296 g/mol. The molecular weight excluding hydrogens is 268 g/mol. The second-order valence-corrected chi connectivity index (χ2v) is 5.17. The first-order chi connectivity index (χ1) is 10.2. The van der Waals surface area contributed by atoms with Gasteiger partial charge in [-0.25, -0.2) is 0 Å². The van der Waals surface area contributed by atoms with E-state index in [-0.39, 0.29) is 6.61 Å². The van der Waals surface area contributed by atoms with Crippen LogP contribution in [0, 0.1) is 0 Å². The Morgan fingerprint density at radius 1 is 0.905 bits per heavy atom. The molecule has 0 atom stereocenters. The highest BCUT2D eigenvalue weighted by atomic mass is 16.2. The van der Waals surface area contributed by atoms with Crippen LogP contribution in [0.4, 0.5) is 17.8 Å². The fourth-order valence-electron chi connectivity index (χ4n) is 1.75. The van der Waals surface area contributed by atoms with Gasteiger partial charge in [-0.2, -0.15) is 15.0 Å². The molecule has 21 heavy (non-hydrogen) atoms. The van der Waals surface area contributed by atoms with Crippen LogP contribution in [0.2, 0.25) is 0 Å². The summed E-state index contributed by atoms with van der Waals surface area (Å²) in [5.41, 5.74) is 0. The maximum Gasteiger partial charge on any atom is 0.231 e. The summed E-state index contributed by atoms with van der Waals surface area (Å²) in [7, 11) is 3.83. The van der Waals surface area contributed by atoms with Crippen molar-refractivity contribution in [1.82, 2.24) is 15.0 Å². The molecule has 3 N–H and O–H groups in total. The molecule has 0 spiro atoms. The first kappa shape index (κ1) is 17.4. The van der Waals surface area contributed by atoms with Crippen LogP contribution in [0.25, 0.3) is 0 Å². The van der Waals surface area contributed by atoms with Crippen molar-refractivity contribution in [2.75, 3.05) is 49.3 Å². The normalized spacial score (nSPS) is 10.5. The highest BCUT2D eigenvalue weighted by Crippen LogP contribution is 2.11. The largest absolute Gasteiger partial charge is 0.396 e. The zero-order valence-electron chi connectivity index (χ0n) is 13.4. The van der Waals surface area contributed by atoms with E-state index in [2.05, 4.69) is 32.5 Å². The van der Waals surface area contributed by atoms with Crippen molar-refractivity contribution in [3.05, 3.63) is 0 Å². The number of nitrogens with one attached hydrogen (secondary N) is 2. The molecule has 0 amide bonds. The van der Waals surface area contributed by atoms with Crippen LogP contribution < -0.4 is 15.5 Å². The highest BCUT2D eigenvalue weighted by molar-refractivity contribution is 5.42. The third-order valence-electron chi connectivity index (χ3n) is 2.92. The Labute approximate surface area is 127 Å². The van der Waals surface area contributed by atoms with Gasteiger partial charge in [0, 0.05) is 33.8 Å². The summed E-state index contributed by atoms with van der Waals surface area (Å²) in [6, 6.07) is 0. The van der Waals surface area contributed by atoms with E-state index in [9.17, 15) is 0 Å².